The van der Waals surface area contributed by atoms with Crippen LogP contribution in [0.2, 0.25) is 0 Å². The Balaban J connectivity index is 2.66. The van der Waals surface area contributed by atoms with E-state index in [1.165, 1.54) is 0 Å². The minimum Gasteiger partial charge on any atom is -0.480 e. The Morgan fingerprint density at radius 3 is 2.57 bits per heavy atom. The van der Waals surface area contributed by atoms with Gasteiger partial charge in [0, 0.05) is 29.8 Å². The Morgan fingerprint density at radius 2 is 2.05 bits per heavy atom. The first-order chi connectivity index (χ1) is 9.61. The van der Waals surface area contributed by atoms with E-state index in [-0.39, 0.29) is 23.5 Å². The van der Waals surface area contributed by atoms with E-state index in [0.29, 0.717) is 6.54 Å². The van der Waals surface area contributed by atoms with Gasteiger partial charge in [-0.15, -0.1) is 0 Å². The third-order valence-electron chi connectivity index (χ3n) is 3.52. The van der Waals surface area contributed by atoms with Gasteiger partial charge in [-0.2, -0.15) is 11.8 Å². The standard InChI is InChI=1S/C12H22N2O5S2/c1-8-9(2)20-6-5-14(8)12(17)13-10(11(15)16)4-7-21(3,18)19/h8-10H,4-7H2,1-3H3,(H,13,17)(H,15,16). The molecule has 0 saturated carbocycles. The predicted octanol–water partition coefficient (Wildman–Crippen LogP) is 0.410. The number of rotatable bonds is 5. The highest BCUT2D eigenvalue weighted by molar-refractivity contribution is 8.00. The first kappa shape index (κ1) is 18.1. The fraction of sp³-hybridized carbons (Fsp3) is 0.833. The smallest absolute Gasteiger partial charge is 0.326 e. The van der Waals surface area contributed by atoms with Gasteiger partial charge in [0.25, 0.3) is 0 Å². The van der Waals surface area contributed by atoms with Crippen LogP contribution in [0.4, 0.5) is 4.79 Å². The molecule has 1 aliphatic heterocycles. The zero-order chi connectivity index (χ0) is 16.2. The number of thioether (sulfide) groups is 1. The van der Waals surface area contributed by atoms with E-state index < -0.39 is 27.9 Å². The summed E-state index contributed by atoms with van der Waals surface area (Å²) in [6.45, 7) is 4.50. The molecule has 0 aromatic heterocycles. The van der Waals surface area contributed by atoms with Crippen LogP contribution in [0.5, 0.6) is 0 Å². The third-order valence-corrected chi connectivity index (χ3v) is 5.83. The van der Waals surface area contributed by atoms with Gasteiger partial charge in [-0.25, -0.2) is 18.0 Å². The van der Waals surface area contributed by atoms with Crippen LogP contribution in [0, 0.1) is 0 Å². The van der Waals surface area contributed by atoms with E-state index in [1.54, 1.807) is 16.7 Å². The number of sulfone groups is 1. The summed E-state index contributed by atoms with van der Waals surface area (Å²) in [6, 6.07) is -1.63. The Bertz CT molecular complexity index is 494. The molecule has 0 spiro atoms. The molecule has 21 heavy (non-hydrogen) atoms. The molecule has 1 aliphatic rings. The zero-order valence-corrected chi connectivity index (χ0v) is 14.0. The summed E-state index contributed by atoms with van der Waals surface area (Å²) < 4.78 is 22.2. The first-order valence-corrected chi connectivity index (χ1v) is 9.82. The van der Waals surface area contributed by atoms with Gasteiger partial charge in [0.15, 0.2) is 0 Å². The van der Waals surface area contributed by atoms with Crippen LogP contribution >= 0.6 is 11.8 Å². The molecule has 2 amide bonds. The average Bonchev–Trinajstić information content (AvgIpc) is 2.36. The van der Waals surface area contributed by atoms with Crippen LogP contribution in [0.15, 0.2) is 0 Å². The molecule has 0 aromatic carbocycles. The number of nitrogens with zero attached hydrogens (tertiary/aromatic N) is 1. The topological polar surface area (TPSA) is 104 Å². The Kier molecular flexibility index (Phi) is 6.33. The van der Waals surface area contributed by atoms with Gasteiger partial charge in [-0.3, -0.25) is 0 Å². The van der Waals surface area contributed by atoms with E-state index in [0.717, 1.165) is 12.0 Å². The molecule has 1 fully saturated rings. The normalized spacial score (nSPS) is 24.4. The van der Waals surface area contributed by atoms with Crippen LogP contribution in [0.1, 0.15) is 20.3 Å². The number of carboxylic acid groups (broad SMARTS) is 1. The minimum absolute atomic E-state index is 0.00750. The largest absolute Gasteiger partial charge is 0.480 e. The molecule has 1 heterocycles. The van der Waals surface area contributed by atoms with Crippen LogP contribution in [0.3, 0.4) is 0 Å². The van der Waals surface area contributed by atoms with Crippen LogP contribution in [0.25, 0.3) is 0 Å². The molecular weight excluding hydrogens is 316 g/mol. The second-order valence-electron chi connectivity index (χ2n) is 5.27. The summed E-state index contributed by atoms with van der Waals surface area (Å²) in [6.07, 6.45) is 0.909. The lowest BCUT2D eigenvalue weighted by molar-refractivity contribution is -0.139. The van der Waals surface area contributed by atoms with Crippen LogP contribution in [-0.2, 0) is 14.6 Å². The van der Waals surface area contributed by atoms with Gasteiger partial charge < -0.3 is 15.3 Å². The molecule has 0 aromatic rings. The number of carboxylic acids is 1. The highest BCUT2D eigenvalue weighted by Crippen LogP contribution is 2.24. The predicted molar refractivity (Wildman–Crippen MR) is 82.4 cm³/mol. The summed E-state index contributed by atoms with van der Waals surface area (Å²) in [5, 5.41) is 11.8. The molecule has 122 valence electrons. The van der Waals surface area contributed by atoms with Gasteiger partial charge in [0.1, 0.15) is 15.9 Å². The maximum absolute atomic E-state index is 12.2. The lowest BCUT2D eigenvalue weighted by atomic mass is 10.2. The van der Waals surface area contributed by atoms with Crippen molar-refractivity contribution in [3.8, 4) is 0 Å². The lowest BCUT2D eigenvalue weighted by Crippen LogP contribution is -2.55. The van der Waals surface area contributed by atoms with Crippen LogP contribution in [-0.4, -0.2) is 72.1 Å². The fourth-order valence-electron chi connectivity index (χ4n) is 2.04. The third kappa shape index (κ3) is 5.74. The molecule has 0 aliphatic carbocycles. The lowest BCUT2D eigenvalue weighted by Gasteiger charge is -2.37. The molecule has 1 rings (SSSR count). The van der Waals surface area contributed by atoms with Gasteiger partial charge >= 0.3 is 12.0 Å². The Morgan fingerprint density at radius 1 is 1.43 bits per heavy atom. The number of aliphatic carboxylic acids is 1. The fourth-order valence-corrected chi connectivity index (χ4v) is 3.80. The number of urea groups is 1. The van der Waals surface area contributed by atoms with Crippen molar-refractivity contribution in [3.05, 3.63) is 0 Å². The molecular formula is C12H22N2O5S2. The summed E-state index contributed by atoms with van der Waals surface area (Å²) in [4.78, 5) is 24.9. The second-order valence-corrected chi connectivity index (χ2v) is 9.01. The van der Waals surface area contributed by atoms with Crippen molar-refractivity contribution in [1.82, 2.24) is 10.2 Å². The molecule has 3 atom stereocenters. The summed E-state index contributed by atoms with van der Waals surface area (Å²) in [5.41, 5.74) is 0. The molecule has 0 bridgehead atoms. The second kappa shape index (κ2) is 7.35. The van der Waals surface area contributed by atoms with E-state index in [2.05, 4.69) is 5.32 Å². The highest BCUT2D eigenvalue weighted by atomic mass is 32.2. The molecule has 7 nitrogen and oxygen atoms in total. The van der Waals surface area contributed by atoms with E-state index in [9.17, 15) is 18.0 Å². The number of carbonyl (C=O) groups is 2. The maximum Gasteiger partial charge on any atom is 0.326 e. The molecule has 0 radical (unpaired) electrons. The average molecular weight is 338 g/mol. The van der Waals surface area contributed by atoms with Crippen LogP contribution < -0.4 is 5.32 Å². The molecule has 2 N–H and O–H groups in total. The van der Waals surface area contributed by atoms with Crippen molar-refractivity contribution in [1.29, 1.82) is 0 Å². The molecule has 9 heteroatoms. The summed E-state index contributed by atoms with van der Waals surface area (Å²) in [5.74, 6) is -0.689. The van der Waals surface area contributed by atoms with E-state index >= 15 is 0 Å². The number of amides is 2. The monoisotopic (exact) mass is 338 g/mol. The summed E-state index contributed by atoms with van der Waals surface area (Å²) >= 11 is 1.77. The van der Waals surface area contributed by atoms with Gasteiger partial charge in [0.05, 0.1) is 5.75 Å². The number of nitrogens with one attached hydrogen (secondary N) is 1. The molecule has 1 saturated heterocycles. The van der Waals surface area contributed by atoms with Crippen molar-refractivity contribution in [2.75, 3.05) is 24.3 Å². The molecule has 3 unspecified atom stereocenters. The zero-order valence-electron chi connectivity index (χ0n) is 12.4. The van der Waals surface area contributed by atoms with Gasteiger partial charge in [-0.05, 0) is 13.3 Å². The van der Waals surface area contributed by atoms with E-state index in [1.807, 2.05) is 13.8 Å². The quantitative estimate of drug-likeness (QED) is 0.752. The van der Waals surface area contributed by atoms with Crippen molar-refractivity contribution >= 4 is 33.6 Å². The minimum atomic E-state index is -3.26. The summed E-state index contributed by atoms with van der Waals surface area (Å²) in [7, 11) is -3.26. The Hall–Kier alpha value is -0.960. The van der Waals surface area contributed by atoms with E-state index in [4.69, 9.17) is 5.11 Å². The SMILES string of the molecule is CC1SCCN(C(=O)NC(CCS(C)(=O)=O)C(=O)O)C1C. The number of hydrogen-bond donors (Lipinski definition) is 2. The van der Waals surface area contributed by atoms with Crippen molar-refractivity contribution < 1.29 is 23.1 Å². The van der Waals surface area contributed by atoms with Gasteiger partial charge in [0.2, 0.25) is 0 Å². The highest BCUT2D eigenvalue weighted by Gasteiger charge is 2.31. The maximum atomic E-state index is 12.2. The number of carbonyl (C=O) groups excluding carboxylic acids is 1. The number of hydrogen-bond acceptors (Lipinski definition) is 5. The van der Waals surface area contributed by atoms with Crippen molar-refractivity contribution in [2.24, 2.45) is 0 Å². The van der Waals surface area contributed by atoms with Crippen molar-refractivity contribution in [3.63, 3.8) is 0 Å². The van der Waals surface area contributed by atoms with Crippen molar-refractivity contribution in [2.45, 2.75) is 37.6 Å². The first-order valence-electron chi connectivity index (χ1n) is 6.71. The van der Waals surface area contributed by atoms with Gasteiger partial charge in [-0.1, -0.05) is 6.92 Å². The Labute approximate surface area is 129 Å².